The first kappa shape index (κ1) is 13.4. The first-order chi connectivity index (χ1) is 9.58. The molecule has 0 bridgehead atoms. The predicted molar refractivity (Wildman–Crippen MR) is 71.9 cm³/mol. The third kappa shape index (κ3) is 2.18. The van der Waals surface area contributed by atoms with Gasteiger partial charge < -0.3 is 5.11 Å². The quantitative estimate of drug-likeness (QED) is 0.610. The van der Waals surface area contributed by atoms with Gasteiger partial charge in [-0.1, -0.05) is 11.8 Å². The van der Waals surface area contributed by atoms with Gasteiger partial charge in [0, 0.05) is 18.6 Å². The average Bonchev–Trinajstić information content (AvgIpc) is 2.80. The minimum atomic E-state index is -1.05. The second kappa shape index (κ2) is 5.09. The number of carbonyl (C=O) groups is 2. The van der Waals surface area contributed by atoms with Gasteiger partial charge >= 0.3 is 5.97 Å². The van der Waals surface area contributed by atoms with E-state index in [2.05, 4.69) is 15.5 Å². The number of amides is 1. The van der Waals surface area contributed by atoms with Crippen LogP contribution < -0.4 is 0 Å². The zero-order valence-corrected chi connectivity index (χ0v) is 12.1. The Bertz CT molecular complexity index is 614. The van der Waals surface area contributed by atoms with E-state index in [9.17, 15) is 14.7 Å². The number of carbonyl (C=O) groups excluding carboxylic acids is 1. The van der Waals surface area contributed by atoms with Crippen molar-refractivity contribution in [1.29, 1.82) is 0 Å². The molecule has 0 radical (unpaired) electrons. The Hall–Kier alpha value is -1.55. The van der Waals surface area contributed by atoms with Crippen molar-refractivity contribution in [3.63, 3.8) is 0 Å². The van der Waals surface area contributed by atoms with Crippen LogP contribution in [0.5, 0.6) is 0 Å². The van der Waals surface area contributed by atoms with Crippen molar-refractivity contribution in [2.75, 3.05) is 11.5 Å². The molecule has 1 saturated heterocycles. The molecule has 2 aliphatic rings. The van der Waals surface area contributed by atoms with E-state index in [-0.39, 0.29) is 17.0 Å². The molecule has 1 aromatic rings. The highest BCUT2D eigenvalue weighted by Crippen LogP contribution is 2.40. The molecule has 0 aliphatic carbocycles. The molecule has 3 heterocycles. The highest BCUT2D eigenvalue weighted by molar-refractivity contribution is 8.00. The molecule has 1 amide bonds. The van der Waals surface area contributed by atoms with Gasteiger partial charge in [0.2, 0.25) is 11.1 Å². The number of carboxylic acid groups (broad SMARTS) is 1. The third-order valence-corrected chi connectivity index (χ3v) is 5.47. The van der Waals surface area contributed by atoms with E-state index in [0.717, 1.165) is 5.57 Å². The van der Waals surface area contributed by atoms with Gasteiger partial charge in [-0.15, -0.1) is 16.9 Å². The number of carboxylic acids is 1. The minimum Gasteiger partial charge on any atom is -0.477 e. The molecule has 10 heteroatoms. The van der Waals surface area contributed by atoms with Crippen molar-refractivity contribution < 1.29 is 14.7 Å². The molecule has 1 aromatic heterocycles. The Balaban J connectivity index is 1.82. The lowest BCUT2D eigenvalue weighted by molar-refractivity contribution is -0.146. The molecule has 106 valence electrons. The average molecular weight is 313 g/mol. The highest BCUT2D eigenvalue weighted by atomic mass is 32.2. The zero-order chi connectivity index (χ0) is 14.3. The van der Waals surface area contributed by atoms with Crippen LogP contribution in [0.25, 0.3) is 0 Å². The maximum absolute atomic E-state index is 11.6. The topological polar surface area (TPSA) is 101 Å². The van der Waals surface area contributed by atoms with E-state index >= 15 is 0 Å². The number of nitrogens with zero attached hydrogens (tertiary/aromatic N) is 5. The molecule has 0 spiro atoms. The van der Waals surface area contributed by atoms with Crippen LogP contribution >= 0.6 is 23.5 Å². The smallest absolute Gasteiger partial charge is 0.352 e. The standard InChI is InChI=1S/C10H11N5O3S2/c1-14-10(11-12-13-14)20-4-5-3-19-7-2-6(16)15(7)8(5)9(17)18/h7H,2-4H2,1H3,(H,17,18). The molecular weight excluding hydrogens is 302 g/mol. The first-order valence-electron chi connectivity index (χ1n) is 5.82. The predicted octanol–water partition coefficient (Wildman–Crippen LogP) is -0.0539. The number of β-lactam (4-membered cyclic amide) rings is 1. The summed E-state index contributed by atoms with van der Waals surface area (Å²) in [5, 5.41) is 21.0. The van der Waals surface area contributed by atoms with Gasteiger partial charge in [-0.25, -0.2) is 9.48 Å². The minimum absolute atomic E-state index is 0.0150. The largest absolute Gasteiger partial charge is 0.477 e. The van der Waals surface area contributed by atoms with Crippen LogP contribution in [-0.2, 0) is 16.6 Å². The summed E-state index contributed by atoms with van der Waals surface area (Å²) in [6.45, 7) is 0. The fourth-order valence-electron chi connectivity index (χ4n) is 2.08. The third-order valence-electron chi connectivity index (χ3n) is 3.09. The first-order valence-corrected chi connectivity index (χ1v) is 7.85. The van der Waals surface area contributed by atoms with Crippen molar-refractivity contribution >= 4 is 35.4 Å². The maximum Gasteiger partial charge on any atom is 0.352 e. The molecule has 0 aromatic carbocycles. The monoisotopic (exact) mass is 313 g/mol. The lowest BCUT2D eigenvalue weighted by Crippen LogP contribution is -2.54. The van der Waals surface area contributed by atoms with E-state index in [1.165, 1.54) is 21.3 Å². The Labute approximate surface area is 122 Å². The fraction of sp³-hybridized carbons (Fsp3) is 0.500. The number of thioether (sulfide) groups is 2. The zero-order valence-electron chi connectivity index (χ0n) is 10.5. The van der Waals surface area contributed by atoms with Crippen molar-refractivity contribution in [1.82, 2.24) is 25.1 Å². The van der Waals surface area contributed by atoms with Crippen LogP contribution in [0.3, 0.4) is 0 Å². The second-order valence-electron chi connectivity index (χ2n) is 4.36. The summed E-state index contributed by atoms with van der Waals surface area (Å²) < 4.78 is 1.53. The molecule has 2 aliphatic heterocycles. The van der Waals surface area contributed by atoms with Crippen LogP contribution in [0.15, 0.2) is 16.4 Å². The van der Waals surface area contributed by atoms with Gasteiger partial charge in [0.1, 0.15) is 5.70 Å². The Morgan fingerprint density at radius 1 is 1.60 bits per heavy atom. The van der Waals surface area contributed by atoms with Gasteiger partial charge in [0.05, 0.1) is 11.8 Å². The van der Waals surface area contributed by atoms with Gasteiger partial charge in [0.15, 0.2) is 0 Å². The van der Waals surface area contributed by atoms with Crippen LogP contribution in [0, 0.1) is 0 Å². The van der Waals surface area contributed by atoms with Crippen molar-refractivity contribution in [2.45, 2.75) is 17.0 Å². The molecule has 1 N–H and O–H groups in total. The number of hydrogen-bond donors (Lipinski definition) is 1. The van der Waals surface area contributed by atoms with Gasteiger partial charge in [0.25, 0.3) is 0 Å². The van der Waals surface area contributed by atoms with Crippen molar-refractivity contribution in [3.05, 3.63) is 11.3 Å². The van der Waals surface area contributed by atoms with E-state index in [4.69, 9.17) is 0 Å². The SMILES string of the molecule is Cn1nnnc1SCC1=C(C(=O)O)N2C(=O)CC2SC1. The molecular formula is C10H11N5O3S2. The number of fused-ring (bicyclic) bond motifs is 1. The Morgan fingerprint density at radius 3 is 3.00 bits per heavy atom. The van der Waals surface area contributed by atoms with E-state index < -0.39 is 5.97 Å². The van der Waals surface area contributed by atoms with Crippen LogP contribution in [-0.4, -0.2) is 59.0 Å². The van der Waals surface area contributed by atoms with Crippen molar-refractivity contribution in [2.24, 2.45) is 7.05 Å². The number of rotatable bonds is 4. The molecule has 20 heavy (non-hydrogen) atoms. The molecule has 1 unspecified atom stereocenters. The summed E-state index contributed by atoms with van der Waals surface area (Å²) in [6, 6.07) is 0. The van der Waals surface area contributed by atoms with E-state index in [1.54, 1.807) is 18.8 Å². The summed E-state index contributed by atoms with van der Waals surface area (Å²) in [7, 11) is 1.72. The van der Waals surface area contributed by atoms with Gasteiger partial charge in [-0.05, 0) is 16.0 Å². The van der Waals surface area contributed by atoms with Gasteiger partial charge in [-0.2, -0.15) is 0 Å². The van der Waals surface area contributed by atoms with Crippen molar-refractivity contribution in [3.8, 4) is 0 Å². The van der Waals surface area contributed by atoms with E-state index in [0.29, 0.717) is 23.1 Å². The normalized spacial score (nSPS) is 21.8. The number of aryl methyl sites for hydroxylation is 1. The Kier molecular flexibility index (Phi) is 3.42. The molecule has 0 saturated carbocycles. The molecule has 3 rings (SSSR count). The molecule has 1 fully saturated rings. The number of hydrogen-bond acceptors (Lipinski definition) is 7. The lowest BCUT2D eigenvalue weighted by Gasteiger charge is -2.43. The van der Waals surface area contributed by atoms with Crippen LogP contribution in [0.2, 0.25) is 0 Å². The summed E-state index contributed by atoms with van der Waals surface area (Å²) >= 11 is 2.96. The Morgan fingerprint density at radius 2 is 2.40 bits per heavy atom. The summed E-state index contributed by atoms with van der Waals surface area (Å²) in [5.74, 6) is -0.0919. The second-order valence-corrected chi connectivity index (χ2v) is 6.47. The van der Waals surface area contributed by atoms with Crippen LogP contribution in [0.1, 0.15) is 6.42 Å². The molecule has 8 nitrogen and oxygen atoms in total. The highest BCUT2D eigenvalue weighted by Gasteiger charge is 2.45. The number of aliphatic carboxylic acids is 1. The molecule has 1 atom stereocenters. The summed E-state index contributed by atoms with van der Waals surface area (Å²) in [4.78, 5) is 24.4. The van der Waals surface area contributed by atoms with Crippen LogP contribution in [0.4, 0.5) is 0 Å². The lowest BCUT2D eigenvalue weighted by atomic mass is 10.1. The number of tetrazole rings is 1. The maximum atomic E-state index is 11.6. The van der Waals surface area contributed by atoms with E-state index in [1.807, 2.05) is 0 Å². The van der Waals surface area contributed by atoms with Gasteiger partial charge in [-0.3, -0.25) is 9.69 Å². The summed E-state index contributed by atoms with van der Waals surface area (Å²) in [6.07, 6.45) is 0.426. The fourth-order valence-corrected chi connectivity index (χ4v) is 4.34. The number of aromatic nitrogens is 4. The summed E-state index contributed by atoms with van der Waals surface area (Å²) in [5.41, 5.74) is 0.868.